The van der Waals surface area contributed by atoms with Gasteiger partial charge in [0.2, 0.25) is 0 Å². The highest BCUT2D eigenvalue weighted by atomic mass is 32.2. The van der Waals surface area contributed by atoms with Gasteiger partial charge in [0, 0.05) is 0 Å². The topological polar surface area (TPSA) is 57.5 Å². The zero-order chi connectivity index (χ0) is 7.61. The van der Waals surface area contributed by atoms with Crippen molar-refractivity contribution in [3.05, 3.63) is 0 Å². The smallest absolute Gasteiger partial charge is 0.322 e. The van der Waals surface area contributed by atoms with Crippen molar-refractivity contribution >= 4 is 17.7 Å². The molecule has 0 bridgehead atoms. The number of carbonyl (C=O) groups is 1. The van der Waals surface area contributed by atoms with Gasteiger partial charge in [0.05, 0.1) is 6.61 Å². The average molecular weight is 162 g/mol. The van der Waals surface area contributed by atoms with Crippen LogP contribution in [0.1, 0.15) is 12.8 Å². The quantitative estimate of drug-likeness (QED) is 0.614. The molecule has 0 spiro atoms. The molecule has 1 fully saturated rings. The Morgan fingerprint density at radius 2 is 2.40 bits per heavy atom. The molecule has 0 radical (unpaired) electrons. The molecule has 1 unspecified atom stereocenters. The van der Waals surface area contributed by atoms with Crippen LogP contribution in [0, 0.1) is 0 Å². The van der Waals surface area contributed by atoms with E-state index in [0.29, 0.717) is 6.42 Å². The van der Waals surface area contributed by atoms with Gasteiger partial charge in [-0.25, -0.2) is 0 Å². The molecule has 58 valence electrons. The molecular formula is C6H10O3S. The number of carboxylic acid groups (broad SMARTS) is 1. The van der Waals surface area contributed by atoms with Crippen LogP contribution in [0.3, 0.4) is 0 Å². The molecule has 0 aromatic heterocycles. The molecular weight excluding hydrogens is 152 g/mol. The molecule has 1 heterocycles. The number of aliphatic carboxylic acids is 1. The number of aliphatic hydroxyl groups is 1. The first-order valence-corrected chi connectivity index (χ1v) is 4.18. The van der Waals surface area contributed by atoms with Gasteiger partial charge in [-0.15, -0.1) is 11.8 Å². The number of rotatable bonds is 2. The summed E-state index contributed by atoms with van der Waals surface area (Å²) in [5, 5.41) is 17.5. The van der Waals surface area contributed by atoms with Gasteiger partial charge in [-0.2, -0.15) is 0 Å². The summed E-state index contributed by atoms with van der Waals surface area (Å²) in [7, 11) is 0. The Balaban J connectivity index is 2.67. The fourth-order valence-electron chi connectivity index (χ4n) is 1.06. The zero-order valence-electron chi connectivity index (χ0n) is 5.54. The Labute approximate surface area is 63.4 Å². The van der Waals surface area contributed by atoms with Gasteiger partial charge >= 0.3 is 5.97 Å². The van der Waals surface area contributed by atoms with E-state index < -0.39 is 10.7 Å². The summed E-state index contributed by atoms with van der Waals surface area (Å²) in [6, 6.07) is 0. The van der Waals surface area contributed by atoms with Crippen LogP contribution in [0.2, 0.25) is 0 Å². The molecule has 0 saturated carbocycles. The van der Waals surface area contributed by atoms with E-state index >= 15 is 0 Å². The Morgan fingerprint density at radius 3 is 2.60 bits per heavy atom. The lowest BCUT2D eigenvalue weighted by Gasteiger charge is -2.18. The van der Waals surface area contributed by atoms with E-state index in [0.717, 1.165) is 12.2 Å². The summed E-state index contributed by atoms with van der Waals surface area (Å²) in [6.45, 7) is -0.243. The second-order valence-electron chi connectivity index (χ2n) is 2.41. The Kier molecular flexibility index (Phi) is 2.21. The molecule has 0 aromatic rings. The predicted molar refractivity (Wildman–Crippen MR) is 39.1 cm³/mol. The first-order valence-electron chi connectivity index (χ1n) is 3.19. The molecule has 4 heteroatoms. The molecule has 0 amide bonds. The molecule has 1 aliphatic rings. The maximum atomic E-state index is 10.6. The van der Waals surface area contributed by atoms with E-state index in [4.69, 9.17) is 10.2 Å². The Morgan fingerprint density at radius 1 is 1.70 bits per heavy atom. The van der Waals surface area contributed by atoms with Crippen LogP contribution in [0.4, 0.5) is 0 Å². The van der Waals surface area contributed by atoms with E-state index in [-0.39, 0.29) is 6.61 Å². The summed E-state index contributed by atoms with van der Waals surface area (Å²) >= 11 is 1.35. The second-order valence-corrected chi connectivity index (χ2v) is 3.89. The SMILES string of the molecule is O=C(O)C1(CO)CCCS1. The van der Waals surface area contributed by atoms with Crippen LogP contribution in [0.25, 0.3) is 0 Å². The zero-order valence-corrected chi connectivity index (χ0v) is 6.36. The standard InChI is InChI=1S/C6H10O3S/c7-4-6(5(8)9)2-1-3-10-6/h7H,1-4H2,(H,8,9). The number of carboxylic acids is 1. The predicted octanol–water partition coefficient (Wildman–Crippen LogP) is 0.329. The fraction of sp³-hybridized carbons (Fsp3) is 0.833. The summed E-state index contributed by atoms with van der Waals surface area (Å²) in [6.07, 6.45) is 1.50. The molecule has 1 saturated heterocycles. The van der Waals surface area contributed by atoms with E-state index in [1.165, 1.54) is 11.8 Å². The van der Waals surface area contributed by atoms with Crippen LogP contribution >= 0.6 is 11.8 Å². The largest absolute Gasteiger partial charge is 0.480 e. The molecule has 2 N–H and O–H groups in total. The molecule has 1 aliphatic heterocycles. The minimum Gasteiger partial charge on any atom is -0.480 e. The van der Waals surface area contributed by atoms with Crippen molar-refractivity contribution in [2.24, 2.45) is 0 Å². The van der Waals surface area contributed by atoms with Gasteiger partial charge in [0.1, 0.15) is 4.75 Å². The molecule has 10 heavy (non-hydrogen) atoms. The summed E-state index contributed by atoms with van der Waals surface area (Å²) in [5.74, 6) is -0.0233. The van der Waals surface area contributed by atoms with Crippen molar-refractivity contribution in [3.63, 3.8) is 0 Å². The summed E-state index contributed by atoms with van der Waals surface area (Å²) in [4.78, 5) is 10.6. The molecule has 1 atom stereocenters. The Bertz CT molecular complexity index is 140. The molecule has 3 nitrogen and oxygen atoms in total. The van der Waals surface area contributed by atoms with Gasteiger partial charge in [-0.3, -0.25) is 4.79 Å². The summed E-state index contributed by atoms with van der Waals surface area (Å²) < 4.78 is -0.875. The van der Waals surface area contributed by atoms with E-state index in [2.05, 4.69) is 0 Å². The minimum atomic E-state index is -0.877. The van der Waals surface area contributed by atoms with Crippen molar-refractivity contribution in [2.75, 3.05) is 12.4 Å². The average Bonchev–Trinajstić information content (AvgIpc) is 2.35. The van der Waals surface area contributed by atoms with Crippen molar-refractivity contribution in [3.8, 4) is 0 Å². The molecule has 0 aromatic carbocycles. The second kappa shape index (κ2) is 2.80. The van der Waals surface area contributed by atoms with Crippen LogP contribution in [0.15, 0.2) is 0 Å². The fourth-order valence-corrected chi connectivity index (χ4v) is 2.24. The highest BCUT2D eigenvalue weighted by Gasteiger charge is 2.41. The minimum absolute atomic E-state index is 0.243. The van der Waals surface area contributed by atoms with Gasteiger partial charge < -0.3 is 10.2 Å². The van der Waals surface area contributed by atoms with E-state index in [1.807, 2.05) is 0 Å². The molecule has 0 aliphatic carbocycles. The van der Waals surface area contributed by atoms with Crippen molar-refractivity contribution in [1.29, 1.82) is 0 Å². The molecule has 1 rings (SSSR count). The first-order chi connectivity index (χ1) is 4.71. The first kappa shape index (κ1) is 7.88. The number of hydrogen-bond donors (Lipinski definition) is 2. The van der Waals surface area contributed by atoms with Gasteiger partial charge in [-0.1, -0.05) is 0 Å². The Hall–Kier alpha value is -0.220. The maximum Gasteiger partial charge on any atom is 0.322 e. The monoisotopic (exact) mass is 162 g/mol. The number of thioether (sulfide) groups is 1. The van der Waals surface area contributed by atoms with Crippen LogP contribution in [-0.2, 0) is 4.79 Å². The third-order valence-corrected chi connectivity index (χ3v) is 3.30. The highest BCUT2D eigenvalue weighted by Crippen LogP contribution is 2.37. The van der Waals surface area contributed by atoms with Gasteiger partial charge in [-0.05, 0) is 18.6 Å². The lowest BCUT2D eigenvalue weighted by Crippen LogP contribution is -2.36. The third-order valence-electron chi connectivity index (χ3n) is 1.75. The van der Waals surface area contributed by atoms with Crippen LogP contribution < -0.4 is 0 Å². The van der Waals surface area contributed by atoms with E-state index in [9.17, 15) is 4.79 Å². The lowest BCUT2D eigenvalue weighted by atomic mass is 10.1. The normalized spacial score (nSPS) is 32.5. The number of aliphatic hydroxyl groups excluding tert-OH is 1. The highest BCUT2D eigenvalue weighted by molar-refractivity contribution is 8.01. The maximum absolute atomic E-state index is 10.6. The van der Waals surface area contributed by atoms with Crippen molar-refractivity contribution in [2.45, 2.75) is 17.6 Å². The third kappa shape index (κ3) is 1.13. The van der Waals surface area contributed by atoms with Crippen LogP contribution in [0.5, 0.6) is 0 Å². The van der Waals surface area contributed by atoms with Crippen molar-refractivity contribution < 1.29 is 15.0 Å². The lowest BCUT2D eigenvalue weighted by molar-refractivity contribution is -0.141. The van der Waals surface area contributed by atoms with Gasteiger partial charge in [0.15, 0.2) is 0 Å². The van der Waals surface area contributed by atoms with Crippen LogP contribution in [-0.4, -0.2) is 33.3 Å². The van der Waals surface area contributed by atoms with Gasteiger partial charge in [0.25, 0.3) is 0 Å². The van der Waals surface area contributed by atoms with E-state index in [1.54, 1.807) is 0 Å². The number of hydrogen-bond acceptors (Lipinski definition) is 3. The summed E-state index contributed by atoms with van der Waals surface area (Å²) in [5.41, 5.74) is 0. The van der Waals surface area contributed by atoms with Crippen molar-refractivity contribution in [1.82, 2.24) is 0 Å².